The molecule has 1 heterocycles. The first-order valence-corrected chi connectivity index (χ1v) is 9.01. The van der Waals surface area contributed by atoms with E-state index in [4.69, 9.17) is 0 Å². The lowest BCUT2D eigenvalue weighted by Gasteiger charge is -2.26. The number of hydrogen-bond acceptors (Lipinski definition) is 2. The molecule has 1 aliphatic carbocycles. The summed E-state index contributed by atoms with van der Waals surface area (Å²) in [5.41, 5.74) is 4.65. The van der Waals surface area contributed by atoms with Crippen molar-refractivity contribution >= 4 is 6.03 Å². The number of aryl methyl sites for hydroxylation is 1. The van der Waals surface area contributed by atoms with Crippen LogP contribution in [0.25, 0.3) is 5.69 Å². The normalized spacial score (nSPS) is 15.9. The van der Waals surface area contributed by atoms with Gasteiger partial charge in [-0.25, -0.2) is 9.48 Å². The predicted octanol–water partition coefficient (Wildman–Crippen LogP) is 3.75. The molecule has 5 heteroatoms. The SMILES string of the molecule is O=C(NCc1ccc(-n2cccn2)cc1)N[C@H]1CCCc2ccccc21. The van der Waals surface area contributed by atoms with Crippen LogP contribution in [0.3, 0.4) is 0 Å². The largest absolute Gasteiger partial charge is 0.334 e. The van der Waals surface area contributed by atoms with Crippen LogP contribution in [0.2, 0.25) is 0 Å². The van der Waals surface area contributed by atoms with Crippen molar-refractivity contribution in [3.63, 3.8) is 0 Å². The predicted molar refractivity (Wildman–Crippen MR) is 101 cm³/mol. The summed E-state index contributed by atoms with van der Waals surface area (Å²) in [4.78, 5) is 12.3. The van der Waals surface area contributed by atoms with Crippen molar-refractivity contribution in [3.05, 3.63) is 83.7 Å². The number of nitrogens with zero attached hydrogens (tertiary/aromatic N) is 2. The van der Waals surface area contributed by atoms with Gasteiger partial charge < -0.3 is 10.6 Å². The Morgan fingerprint density at radius 2 is 1.96 bits per heavy atom. The molecule has 3 aromatic rings. The summed E-state index contributed by atoms with van der Waals surface area (Å²) in [5, 5.41) is 10.3. The second-order valence-corrected chi connectivity index (χ2v) is 6.59. The molecule has 0 bridgehead atoms. The van der Waals surface area contributed by atoms with E-state index in [1.165, 1.54) is 11.1 Å². The molecule has 0 saturated heterocycles. The van der Waals surface area contributed by atoms with Crippen molar-refractivity contribution < 1.29 is 4.79 Å². The lowest BCUT2D eigenvalue weighted by atomic mass is 9.88. The van der Waals surface area contributed by atoms with Crippen LogP contribution in [0.5, 0.6) is 0 Å². The van der Waals surface area contributed by atoms with Crippen molar-refractivity contribution in [2.75, 3.05) is 0 Å². The molecular weight excluding hydrogens is 324 g/mol. The van der Waals surface area contributed by atoms with Crippen molar-refractivity contribution in [1.29, 1.82) is 0 Å². The number of urea groups is 1. The zero-order valence-corrected chi connectivity index (χ0v) is 14.6. The van der Waals surface area contributed by atoms with Gasteiger partial charge in [0, 0.05) is 18.9 Å². The zero-order valence-electron chi connectivity index (χ0n) is 14.6. The second-order valence-electron chi connectivity index (χ2n) is 6.59. The van der Waals surface area contributed by atoms with Gasteiger partial charge in [-0.15, -0.1) is 0 Å². The fourth-order valence-corrected chi connectivity index (χ4v) is 3.48. The molecule has 5 nitrogen and oxygen atoms in total. The van der Waals surface area contributed by atoms with Crippen LogP contribution in [0.4, 0.5) is 4.79 Å². The molecule has 0 radical (unpaired) electrons. The fraction of sp³-hybridized carbons (Fsp3) is 0.238. The van der Waals surface area contributed by atoms with Crippen LogP contribution in [-0.2, 0) is 13.0 Å². The summed E-state index contributed by atoms with van der Waals surface area (Å²) < 4.78 is 1.81. The number of benzene rings is 2. The summed E-state index contributed by atoms with van der Waals surface area (Å²) >= 11 is 0. The third-order valence-electron chi connectivity index (χ3n) is 4.83. The van der Waals surface area contributed by atoms with Crippen LogP contribution in [-0.4, -0.2) is 15.8 Å². The maximum atomic E-state index is 12.3. The number of hydrogen-bond donors (Lipinski definition) is 2. The Bertz CT molecular complexity index is 871. The highest BCUT2D eigenvalue weighted by atomic mass is 16.2. The number of rotatable bonds is 4. The molecule has 0 spiro atoms. The molecule has 0 saturated carbocycles. The summed E-state index contributed by atoms with van der Waals surface area (Å²) in [6, 6.07) is 18.3. The Morgan fingerprint density at radius 3 is 2.77 bits per heavy atom. The first kappa shape index (κ1) is 16.4. The second kappa shape index (κ2) is 7.44. The van der Waals surface area contributed by atoms with E-state index in [0.717, 1.165) is 30.5 Å². The highest BCUT2D eigenvalue weighted by Gasteiger charge is 2.21. The smallest absolute Gasteiger partial charge is 0.315 e. The number of aromatic nitrogens is 2. The van der Waals surface area contributed by atoms with Crippen molar-refractivity contribution in [1.82, 2.24) is 20.4 Å². The maximum Gasteiger partial charge on any atom is 0.315 e. The maximum absolute atomic E-state index is 12.3. The van der Waals surface area contributed by atoms with E-state index in [1.807, 2.05) is 47.3 Å². The van der Waals surface area contributed by atoms with Gasteiger partial charge in [0.2, 0.25) is 0 Å². The minimum Gasteiger partial charge on any atom is -0.334 e. The van der Waals surface area contributed by atoms with E-state index >= 15 is 0 Å². The van der Waals surface area contributed by atoms with Gasteiger partial charge in [-0.2, -0.15) is 5.10 Å². The Kier molecular flexibility index (Phi) is 4.69. The quantitative estimate of drug-likeness (QED) is 0.756. The van der Waals surface area contributed by atoms with Gasteiger partial charge in [0.15, 0.2) is 0 Å². The molecule has 132 valence electrons. The summed E-state index contributed by atoms with van der Waals surface area (Å²) in [5.74, 6) is 0. The van der Waals surface area contributed by atoms with Gasteiger partial charge in [-0.1, -0.05) is 36.4 Å². The molecule has 2 amide bonds. The molecule has 4 rings (SSSR count). The molecule has 0 aliphatic heterocycles. The fourth-order valence-electron chi connectivity index (χ4n) is 3.48. The average molecular weight is 346 g/mol. The van der Waals surface area contributed by atoms with Gasteiger partial charge in [0.1, 0.15) is 0 Å². The molecule has 2 aromatic carbocycles. The first-order valence-electron chi connectivity index (χ1n) is 9.01. The van der Waals surface area contributed by atoms with Gasteiger partial charge in [-0.05, 0) is 54.2 Å². The third kappa shape index (κ3) is 3.61. The van der Waals surface area contributed by atoms with Crippen LogP contribution in [0.15, 0.2) is 67.0 Å². The molecule has 26 heavy (non-hydrogen) atoms. The van der Waals surface area contributed by atoms with E-state index in [-0.39, 0.29) is 12.1 Å². The Labute approximate surface area is 153 Å². The van der Waals surface area contributed by atoms with E-state index in [2.05, 4.69) is 33.9 Å². The number of carbonyl (C=O) groups excluding carboxylic acids is 1. The third-order valence-corrected chi connectivity index (χ3v) is 4.83. The van der Waals surface area contributed by atoms with Crippen LogP contribution < -0.4 is 10.6 Å². The standard InChI is InChI=1S/C21H22N4O/c26-21(24-20-8-3-6-17-5-1-2-7-19(17)20)22-15-16-9-11-18(12-10-16)25-14-4-13-23-25/h1-2,4-5,7,9-14,20H,3,6,8,15H2,(H2,22,24,26)/t20-/m0/s1. The van der Waals surface area contributed by atoms with Crippen molar-refractivity contribution in [2.24, 2.45) is 0 Å². The van der Waals surface area contributed by atoms with Crippen LogP contribution >= 0.6 is 0 Å². The van der Waals surface area contributed by atoms with E-state index < -0.39 is 0 Å². The van der Waals surface area contributed by atoms with E-state index in [0.29, 0.717) is 6.54 Å². The van der Waals surface area contributed by atoms with Gasteiger partial charge >= 0.3 is 6.03 Å². The number of fused-ring (bicyclic) bond motifs is 1. The van der Waals surface area contributed by atoms with E-state index in [1.54, 1.807) is 6.20 Å². The summed E-state index contributed by atoms with van der Waals surface area (Å²) in [6.45, 7) is 0.500. The lowest BCUT2D eigenvalue weighted by molar-refractivity contribution is 0.235. The minimum absolute atomic E-state index is 0.0992. The highest BCUT2D eigenvalue weighted by molar-refractivity contribution is 5.74. The Balaban J connectivity index is 1.33. The molecular formula is C21H22N4O. The molecule has 1 aromatic heterocycles. The van der Waals surface area contributed by atoms with Gasteiger partial charge in [0.25, 0.3) is 0 Å². The molecule has 0 fully saturated rings. The van der Waals surface area contributed by atoms with Crippen molar-refractivity contribution in [3.8, 4) is 5.69 Å². The monoisotopic (exact) mass is 346 g/mol. The molecule has 0 unspecified atom stereocenters. The number of carbonyl (C=O) groups is 1. The molecule has 2 N–H and O–H groups in total. The number of nitrogens with one attached hydrogen (secondary N) is 2. The zero-order chi connectivity index (χ0) is 17.8. The highest BCUT2D eigenvalue weighted by Crippen LogP contribution is 2.29. The molecule has 1 atom stereocenters. The average Bonchev–Trinajstić information content (AvgIpc) is 3.22. The lowest BCUT2D eigenvalue weighted by Crippen LogP contribution is -2.38. The van der Waals surface area contributed by atoms with Crippen LogP contribution in [0.1, 0.15) is 35.6 Å². The van der Waals surface area contributed by atoms with Gasteiger partial charge in [-0.3, -0.25) is 0 Å². The van der Waals surface area contributed by atoms with E-state index in [9.17, 15) is 4.79 Å². The Hall–Kier alpha value is -3.08. The summed E-state index contributed by atoms with van der Waals surface area (Å²) in [7, 11) is 0. The first-order chi connectivity index (χ1) is 12.8. The van der Waals surface area contributed by atoms with Crippen molar-refractivity contribution in [2.45, 2.75) is 31.8 Å². The molecule has 1 aliphatic rings. The van der Waals surface area contributed by atoms with Gasteiger partial charge in [0.05, 0.1) is 11.7 Å². The minimum atomic E-state index is -0.122. The topological polar surface area (TPSA) is 59.0 Å². The Morgan fingerprint density at radius 1 is 1.12 bits per heavy atom. The van der Waals surface area contributed by atoms with Crippen LogP contribution in [0, 0.1) is 0 Å². The number of amides is 2. The summed E-state index contributed by atoms with van der Waals surface area (Å²) in [6.07, 6.45) is 6.85.